The van der Waals surface area contributed by atoms with Gasteiger partial charge in [0.05, 0.1) is 6.61 Å². The summed E-state index contributed by atoms with van der Waals surface area (Å²) in [6.45, 7) is 4.00. The van der Waals surface area contributed by atoms with Crippen LogP contribution in [0.2, 0.25) is 5.02 Å². The Hall–Kier alpha value is -1.30. The van der Waals surface area contributed by atoms with Gasteiger partial charge in [0.1, 0.15) is 0 Å². The van der Waals surface area contributed by atoms with Crippen LogP contribution in [0.1, 0.15) is 18.4 Å². The Morgan fingerprint density at radius 3 is 2.74 bits per heavy atom. The Morgan fingerprint density at radius 1 is 1.39 bits per heavy atom. The summed E-state index contributed by atoms with van der Waals surface area (Å²) in [4.78, 5) is 15.7. The zero-order valence-electron chi connectivity index (χ0n) is 13.7. The molecule has 2 N–H and O–H groups in total. The lowest BCUT2D eigenvalue weighted by atomic mass is 9.96. The van der Waals surface area contributed by atoms with E-state index in [9.17, 15) is 4.79 Å². The molecule has 5 nitrogen and oxygen atoms in total. The van der Waals surface area contributed by atoms with Crippen molar-refractivity contribution in [1.82, 2.24) is 15.1 Å². The standard InChI is InChI=1S/C17H26ClN3O2/c1-20(10-11-22)17(23)19-12-14-6-8-21(9-7-14)13-15-4-2-3-5-16(15)18/h2-5,14,22H,6-13H2,1H3,(H,19,23). The second kappa shape index (κ2) is 9.11. The van der Waals surface area contributed by atoms with Gasteiger partial charge < -0.3 is 15.3 Å². The smallest absolute Gasteiger partial charge is 0.317 e. The molecule has 0 unspecified atom stereocenters. The van der Waals surface area contributed by atoms with Crippen LogP contribution in [-0.2, 0) is 6.54 Å². The highest BCUT2D eigenvalue weighted by molar-refractivity contribution is 6.31. The summed E-state index contributed by atoms with van der Waals surface area (Å²) in [5.74, 6) is 0.518. The van der Waals surface area contributed by atoms with Crippen molar-refractivity contribution in [2.24, 2.45) is 5.92 Å². The number of hydrogen-bond donors (Lipinski definition) is 2. The molecule has 0 bridgehead atoms. The number of likely N-dealkylation sites (tertiary alicyclic amines) is 1. The highest BCUT2D eigenvalue weighted by atomic mass is 35.5. The summed E-state index contributed by atoms with van der Waals surface area (Å²) in [6.07, 6.45) is 2.16. The molecule has 1 aliphatic heterocycles. The quantitative estimate of drug-likeness (QED) is 0.835. The molecule has 128 valence electrons. The van der Waals surface area contributed by atoms with Crippen molar-refractivity contribution in [2.75, 3.05) is 39.8 Å². The van der Waals surface area contributed by atoms with Crippen molar-refractivity contribution in [3.05, 3.63) is 34.9 Å². The molecular weight excluding hydrogens is 314 g/mol. The van der Waals surface area contributed by atoms with Gasteiger partial charge in [0.25, 0.3) is 0 Å². The van der Waals surface area contributed by atoms with Crippen molar-refractivity contribution < 1.29 is 9.90 Å². The van der Waals surface area contributed by atoms with Gasteiger partial charge in [0.2, 0.25) is 0 Å². The van der Waals surface area contributed by atoms with Gasteiger partial charge in [0.15, 0.2) is 0 Å². The summed E-state index contributed by atoms with van der Waals surface area (Å²) in [5, 5.41) is 12.6. The first-order valence-electron chi connectivity index (χ1n) is 8.15. The monoisotopic (exact) mass is 339 g/mol. The predicted octanol–water partition coefficient (Wildman–Crippen LogP) is 2.19. The van der Waals surface area contributed by atoms with Gasteiger partial charge in [-0.25, -0.2) is 4.79 Å². The van der Waals surface area contributed by atoms with E-state index in [1.54, 1.807) is 7.05 Å². The normalized spacial score (nSPS) is 16.3. The zero-order chi connectivity index (χ0) is 16.7. The molecule has 2 rings (SSSR count). The Bertz CT molecular complexity index is 504. The first-order valence-corrected chi connectivity index (χ1v) is 8.53. The Balaban J connectivity index is 1.70. The summed E-state index contributed by atoms with van der Waals surface area (Å²) in [5.41, 5.74) is 1.17. The topological polar surface area (TPSA) is 55.8 Å². The van der Waals surface area contributed by atoms with Gasteiger partial charge >= 0.3 is 6.03 Å². The van der Waals surface area contributed by atoms with Crippen molar-refractivity contribution in [2.45, 2.75) is 19.4 Å². The maximum atomic E-state index is 11.8. The molecule has 6 heteroatoms. The number of rotatable bonds is 6. The molecule has 0 spiro atoms. The third kappa shape index (κ3) is 5.68. The molecular formula is C17H26ClN3O2. The highest BCUT2D eigenvalue weighted by Gasteiger charge is 2.20. The average molecular weight is 340 g/mol. The number of hydrogen-bond acceptors (Lipinski definition) is 3. The van der Waals surface area contributed by atoms with Crippen molar-refractivity contribution in [3.8, 4) is 0 Å². The zero-order valence-corrected chi connectivity index (χ0v) is 14.4. The van der Waals surface area contributed by atoms with Crippen molar-refractivity contribution >= 4 is 17.6 Å². The van der Waals surface area contributed by atoms with Crippen LogP contribution in [0.25, 0.3) is 0 Å². The second-order valence-electron chi connectivity index (χ2n) is 6.14. The van der Waals surface area contributed by atoms with Crippen molar-refractivity contribution in [3.63, 3.8) is 0 Å². The maximum absolute atomic E-state index is 11.8. The predicted molar refractivity (Wildman–Crippen MR) is 92.6 cm³/mol. The van der Waals surface area contributed by atoms with E-state index in [2.05, 4.69) is 16.3 Å². The van der Waals surface area contributed by atoms with Crippen LogP contribution in [0.5, 0.6) is 0 Å². The number of urea groups is 1. The molecule has 0 aromatic heterocycles. The van der Waals surface area contributed by atoms with Gasteiger partial charge in [-0.1, -0.05) is 29.8 Å². The number of carbonyl (C=O) groups excluding carboxylic acids is 1. The summed E-state index contributed by atoms with van der Waals surface area (Å²) < 4.78 is 0. The molecule has 23 heavy (non-hydrogen) atoms. The minimum atomic E-state index is -0.113. The number of benzene rings is 1. The fraction of sp³-hybridized carbons (Fsp3) is 0.588. The van der Waals surface area contributed by atoms with Crippen molar-refractivity contribution in [1.29, 1.82) is 0 Å². The molecule has 0 atom stereocenters. The van der Waals surface area contributed by atoms with Crippen LogP contribution < -0.4 is 5.32 Å². The molecule has 0 radical (unpaired) electrons. The first kappa shape index (κ1) is 18.0. The lowest BCUT2D eigenvalue weighted by Crippen LogP contribution is -2.43. The number of amides is 2. The molecule has 1 aromatic carbocycles. The van der Waals surface area contributed by atoms with Crippen LogP contribution in [-0.4, -0.2) is 60.8 Å². The van der Waals surface area contributed by atoms with E-state index >= 15 is 0 Å². The highest BCUT2D eigenvalue weighted by Crippen LogP contribution is 2.21. The van der Waals surface area contributed by atoms with E-state index in [-0.39, 0.29) is 12.6 Å². The molecule has 1 fully saturated rings. The number of aliphatic hydroxyl groups is 1. The molecule has 1 heterocycles. The molecule has 0 aliphatic carbocycles. The Labute approximate surface area is 143 Å². The summed E-state index contributed by atoms with van der Waals surface area (Å²) >= 11 is 6.22. The number of halogens is 1. The van der Waals surface area contributed by atoms with Gasteiger partial charge in [-0.3, -0.25) is 4.90 Å². The van der Waals surface area contributed by atoms with E-state index in [0.29, 0.717) is 19.0 Å². The van der Waals surface area contributed by atoms with E-state index < -0.39 is 0 Å². The fourth-order valence-corrected chi connectivity index (χ4v) is 3.03. The lowest BCUT2D eigenvalue weighted by Gasteiger charge is -2.32. The maximum Gasteiger partial charge on any atom is 0.317 e. The molecule has 1 aliphatic rings. The van der Waals surface area contributed by atoms with E-state index in [0.717, 1.165) is 37.5 Å². The lowest BCUT2D eigenvalue weighted by molar-refractivity contribution is 0.167. The third-order valence-electron chi connectivity index (χ3n) is 4.38. The fourth-order valence-electron chi connectivity index (χ4n) is 2.83. The van der Waals surface area contributed by atoms with Crippen LogP contribution in [0, 0.1) is 5.92 Å². The number of nitrogens with zero attached hydrogens (tertiary/aromatic N) is 2. The van der Waals surface area contributed by atoms with E-state index in [1.807, 2.05) is 18.2 Å². The second-order valence-corrected chi connectivity index (χ2v) is 6.55. The first-order chi connectivity index (χ1) is 11.1. The van der Waals surface area contributed by atoms with Crippen LogP contribution >= 0.6 is 11.6 Å². The van der Waals surface area contributed by atoms with Gasteiger partial charge in [-0.2, -0.15) is 0 Å². The molecule has 1 aromatic rings. The molecule has 0 saturated carbocycles. The molecule has 1 saturated heterocycles. The Kier molecular flexibility index (Phi) is 7.15. The van der Waals surface area contributed by atoms with Crippen LogP contribution in [0.4, 0.5) is 4.79 Å². The van der Waals surface area contributed by atoms with Gasteiger partial charge in [-0.15, -0.1) is 0 Å². The minimum absolute atomic E-state index is 0.00957. The van der Waals surface area contributed by atoms with Crippen LogP contribution in [0.15, 0.2) is 24.3 Å². The minimum Gasteiger partial charge on any atom is -0.395 e. The summed E-state index contributed by atoms with van der Waals surface area (Å²) in [7, 11) is 1.69. The van der Waals surface area contributed by atoms with E-state index in [4.69, 9.17) is 16.7 Å². The number of piperidine rings is 1. The Morgan fingerprint density at radius 2 is 2.09 bits per heavy atom. The SMILES string of the molecule is CN(CCO)C(=O)NCC1CCN(Cc2ccccc2Cl)CC1. The largest absolute Gasteiger partial charge is 0.395 e. The van der Waals surface area contributed by atoms with Gasteiger partial charge in [-0.05, 0) is 43.5 Å². The number of likely N-dealkylation sites (N-methyl/N-ethyl adjacent to an activating group) is 1. The molecule has 2 amide bonds. The van der Waals surface area contributed by atoms with Crippen LogP contribution in [0.3, 0.4) is 0 Å². The summed E-state index contributed by atoms with van der Waals surface area (Å²) in [6, 6.07) is 7.87. The number of aliphatic hydroxyl groups excluding tert-OH is 1. The van der Waals surface area contributed by atoms with Gasteiger partial charge in [0, 0.05) is 31.7 Å². The number of carbonyl (C=O) groups is 1. The van der Waals surface area contributed by atoms with E-state index in [1.165, 1.54) is 10.5 Å². The average Bonchev–Trinajstić information content (AvgIpc) is 2.56. The third-order valence-corrected chi connectivity index (χ3v) is 4.75. The number of nitrogens with one attached hydrogen (secondary N) is 1.